The molecule has 0 bridgehead atoms. The summed E-state index contributed by atoms with van der Waals surface area (Å²) in [5.41, 5.74) is 2.04. The molecule has 2 N–H and O–H groups in total. The number of hydrogen-bond acceptors (Lipinski definition) is 3. The molecule has 0 saturated heterocycles. The van der Waals surface area contributed by atoms with Crippen molar-refractivity contribution in [3.63, 3.8) is 0 Å². The molecule has 126 valence electrons. The van der Waals surface area contributed by atoms with E-state index < -0.39 is 0 Å². The van der Waals surface area contributed by atoms with Crippen molar-refractivity contribution in [2.75, 3.05) is 6.61 Å². The van der Waals surface area contributed by atoms with Crippen molar-refractivity contribution in [3.05, 3.63) is 64.7 Å². The Kier molecular flexibility index (Phi) is 9.03. The Labute approximate surface area is 149 Å². The molecule has 3 nitrogen and oxygen atoms in total. The number of rotatable bonds is 8. The van der Waals surface area contributed by atoms with E-state index in [1.54, 1.807) is 0 Å². The van der Waals surface area contributed by atoms with Gasteiger partial charge in [-0.1, -0.05) is 54.9 Å². The zero-order chi connectivity index (χ0) is 15.8. The SMILES string of the molecule is CCC(CO)NCc1ccccc1OCc1ccccc1Cl.Cl. The van der Waals surface area contributed by atoms with Crippen LogP contribution in [0.4, 0.5) is 0 Å². The van der Waals surface area contributed by atoms with E-state index in [9.17, 15) is 5.11 Å². The molecular formula is C18H23Cl2NO2. The number of halogens is 2. The van der Waals surface area contributed by atoms with Crippen molar-refractivity contribution in [2.45, 2.75) is 32.5 Å². The van der Waals surface area contributed by atoms with Gasteiger partial charge in [-0.3, -0.25) is 0 Å². The number of para-hydroxylation sites is 1. The lowest BCUT2D eigenvalue weighted by molar-refractivity contribution is 0.237. The van der Waals surface area contributed by atoms with Gasteiger partial charge >= 0.3 is 0 Å². The third-order valence-corrected chi connectivity index (χ3v) is 3.98. The number of nitrogens with one attached hydrogen (secondary N) is 1. The predicted octanol–water partition coefficient (Wildman–Crippen LogP) is 4.20. The van der Waals surface area contributed by atoms with Gasteiger partial charge in [0.15, 0.2) is 0 Å². The molecule has 2 aromatic carbocycles. The van der Waals surface area contributed by atoms with E-state index in [0.29, 0.717) is 18.2 Å². The van der Waals surface area contributed by atoms with Crippen molar-refractivity contribution in [1.82, 2.24) is 5.32 Å². The van der Waals surface area contributed by atoms with Gasteiger partial charge in [-0.05, 0) is 18.6 Å². The molecule has 0 heterocycles. The van der Waals surface area contributed by atoms with E-state index in [4.69, 9.17) is 16.3 Å². The molecule has 2 rings (SSSR count). The van der Waals surface area contributed by atoms with Gasteiger partial charge in [0.25, 0.3) is 0 Å². The van der Waals surface area contributed by atoms with Gasteiger partial charge in [-0.15, -0.1) is 12.4 Å². The number of hydrogen-bond donors (Lipinski definition) is 2. The average molecular weight is 356 g/mol. The summed E-state index contributed by atoms with van der Waals surface area (Å²) < 4.78 is 5.92. The molecule has 0 amide bonds. The first kappa shape index (κ1) is 19.8. The van der Waals surface area contributed by atoms with Crippen LogP contribution in [0, 0.1) is 0 Å². The molecule has 0 aliphatic carbocycles. The first-order chi connectivity index (χ1) is 10.7. The Morgan fingerprint density at radius 2 is 1.74 bits per heavy atom. The van der Waals surface area contributed by atoms with E-state index in [0.717, 1.165) is 23.3 Å². The van der Waals surface area contributed by atoms with Crippen LogP contribution in [0.5, 0.6) is 5.75 Å². The third kappa shape index (κ3) is 6.04. The normalized spacial score (nSPS) is 11.6. The smallest absolute Gasteiger partial charge is 0.124 e. The number of aliphatic hydroxyl groups excluding tert-OH is 1. The minimum atomic E-state index is 0. The van der Waals surface area contributed by atoms with Crippen LogP contribution in [0.2, 0.25) is 5.02 Å². The van der Waals surface area contributed by atoms with Crippen LogP contribution in [0.3, 0.4) is 0 Å². The van der Waals surface area contributed by atoms with Gasteiger partial charge in [-0.25, -0.2) is 0 Å². The number of ether oxygens (including phenoxy) is 1. The molecule has 5 heteroatoms. The molecule has 1 unspecified atom stereocenters. The van der Waals surface area contributed by atoms with Crippen molar-refractivity contribution in [2.24, 2.45) is 0 Å². The monoisotopic (exact) mass is 355 g/mol. The van der Waals surface area contributed by atoms with Crippen LogP contribution in [0.15, 0.2) is 48.5 Å². The second kappa shape index (κ2) is 10.5. The quantitative estimate of drug-likeness (QED) is 0.745. The number of aliphatic hydroxyl groups is 1. The van der Waals surface area contributed by atoms with Crippen LogP contribution in [-0.2, 0) is 13.2 Å². The Morgan fingerprint density at radius 3 is 2.39 bits per heavy atom. The standard InChI is InChI=1S/C18H22ClNO2.ClH/c1-2-16(12-21)20-11-14-7-4-6-10-18(14)22-13-15-8-3-5-9-17(15)19;/h3-10,16,20-21H,2,11-13H2,1H3;1H. The summed E-state index contributed by atoms with van der Waals surface area (Å²) in [6, 6.07) is 15.7. The van der Waals surface area contributed by atoms with Gasteiger partial charge in [0, 0.05) is 28.7 Å². The third-order valence-electron chi connectivity index (χ3n) is 3.61. The second-order valence-electron chi connectivity index (χ2n) is 5.16. The van der Waals surface area contributed by atoms with E-state index in [2.05, 4.69) is 5.32 Å². The molecule has 2 aromatic rings. The van der Waals surface area contributed by atoms with Crippen LogP contribution < -0.4 is 10.1 Å². The van der Waals surface area contributed by atoms with Crippen molar-refractivity contribution >= 4 is 24.0 Å². The molecule has 0 aliphatic heterocycles. The molecule has 0 fully saturated rings. The fourth-order valence-corrected chi connectivity index (χ4v) is 2.34. The average Bonchev–Trinajstić information content (AvgIpc) is 2.56. The highest BCUT2D eigenvalue weighted by molar-refractivity contribution is 6.31. The second-order valence-corrected chi connectivity index (χ2v) is 5.56. The predicted molar refractivity (Wildman–Crippen MR) is 97.5 cm³/mol. The highest BCUT2D eigenvalue weighted by Crippen LogP contribution is 2.22. The molecule has 0 spiro atoms. The van der Waals surface area contributed by atoms with Crippen LogP contribution in [0.25, 0.3) is 0 Å². The van der Waals surface area contributed by atoms with E-state index in [1.807, 2.05) is 55.5 Å². The van der Waals surface area contributed by atoms with E-state index in [1.165, 1.54) is 0 Å². The Balaban J connectivity index is 0.00000264. The Bertz CT molecular complexity index is 589. The first-order valence-electron chi connectivity index (χ1n) is 7.53. The van der Waals surface area contributed by atoms with Crippen LogP contribution in [-0.4, -0.2) is 17.8 Å². The summed E-state index contributed by atoms with van der Waals surface area (Å²) in [4.78, 5) is 0. The first-order valence-corrected chi connectivity index (χ1v) is 7.90. The fraction of sp³-hybridized carbons (Fsp3) is 0.333. The van der Waals surface area contributed by atoms with Gasteiger partial charge in [0.1, 0.15) is 12.4 Å². The van der Waals surface area contributed by atoms with Crippen LogP contribution >= 0.6 is 24.0 Å². The highest BCUT2D eigenvalue weighted by atomic mass is 35.5. The maximum Gasteiger partial charge on any atom is 0.124 e. The fourth-order valence-electron chi connectivity index (χ4n) is 2.15. The molecule has 0 aliphatic rings. The summed E-state index contributed by atoms with van der Waals surface area (Å²) in [7, 11) is 0. The summed E-state index contributed by atoms with van der Waals surface area (Å²) in [6.07, 6.45) is 0.888. The van der Waals surface area contributed by atoms with E-state index >= 15 is 0 Å². The lowest BCUT2D eigenvalue weighted by Crippen LogP contribution is -2.31. The molecule has 23 heavy (non-hydrogen) atoms. The Morgan fingerprint density at radius 1 is 1.09 bits per heavy atom. The molecular weight excluding hydrogens is 333 g/mol. The van der Waals surface area contributed by atoms with Gasteiger partial charge in [-0.2, -0.15) is 0 Å². The maximum atomic E-state index is 9.25. The molecule has 0 radical (unpaired) electrons. The lowest BCUT2D eigenvalue weighted by Gasteiger charge is -2.16. The molecule has 1 atom stereocenters. The zero-order valence-corrected chi connectivity index (χ0v) is 14.7. The summed E-state index contributed by atoms with van der Waals surface area (Å²) in [6.45, 7) is 3.29. The minimum absolute atomic E-state index is 0. The van der Waals surface area contributed by atoms with Crippen molar-refractivity contribution in [3.8, 4) is 5.75 Å². The summed E-state index contributed by atoms with van der Waals surface area (Å²) in [5.74, 6) is 0.836. The molecule has 0 saturated carbocycles. The lowest BCUT2D eigenvalue weighted by atomic mass is 10.1. The zero-order valence-electron chi connectivity index (χ0n) is 13.2. The number of benzene rings is 2. The minimum Gasteiger partial charge on any atom is -0.489 e. The van der Waals surface area contributed by atoms with Gasteiger partial charge in [0.05, 0.1) is 6.61 Å². The summed E-state index contributed by atoms with van der Waals surface area (Å²) >= 11 is 6.15. The topological polar surface area (TPSA) is 41.5 Å². The maximum absolute atomic E-state index is 9.25. The van der Waals surface area contributed by atoms with Gasteiger partial charge < -0.3 is 15.2 Å². The van der Waals surface area contributed by atoms with Crippen LogP contribution in [0.1, 0.15) is 24.5 Å². The van der Waals surface area contributed by atoms with Gasteiger partial charge in [0.2, 0.25) is 0 Å². The highest BCUT2D eigenvalue weighted by Gasteiger charge is 2.08. The van der Waals surface area contributed by atoms with Crippen molar-refractivity contribution in [1.29, 1.82) is 0 Å². The molecule has 0 aromatic heterocycles. The van der Waals surface area contributed by atoms with Crippen molar-refractivity contribution < 1.29 is 9.84 Å². The summed E-state index contributed by atoms with van der Waals surface area (Å²) in [5, 5.41) is 13.3. The Hall–Kier alpha value is -1.26. The largest absolute Gasteiger partial charge is 0.489 e. The van der Waals surface area contributed by atoms with E-state index in [-0.39, 0.29) is 25.1 Å².